The summed E-state index contributed by atoms with van der Waals surface area (Å²) in [7, 11) is 0. The van der Waals surface area contributed by atoms with Gasteiger partial charge in [-0.05, 0) is 67.9 Å². The van der Waals surface area contributed by atoms with E-state index in [1.165, 1.54) is 17.8 Å². The number of carbonyl (C=O) groups excluding carboxylic acids is 1. The fourth-order valence-corrected chi connectivity index (χ4v) is 5.25. The van der Waals surface area contributed by atoms with Crippen molar-refractivity contribution >= 4 is 46.5 Å². The Morgan fingerprint density at radius 2 is 1.84 bits per heavy atom. The van der Waals surface area contributed by atoms with Crippen molar-refractivity contribution in [3.63, 3.8) is 0 Å². The van der Waals surface area contributed by atoms with E-state index in [0.717, 1.165) is 62.0 Å². The number of carbonyl (C=O) groups is 1. The van der Waals surface area contributed by atoms with Crippen molar-refractivity contribution in [1.82, 2.24) is 20.8 Å². The molecule has 0 saturated carbocycles. The molecule has 6 rings (SSSR count). The Hall–Kier alpha value is -3.70. The van der Waals surface area contributed by atoms with Gasteiger partial charge in [-0.1, -0.05) is 6.07 Å². The van der Waals surface area contributed by atoms with Crippen LogP contribution in [0.15, 0.2) is 63.6 Å². The Morgan fingerprint density at radius 1 is 1.08 bits per heavy atom. The van der Waals surface area contributed by atoms with E-state index >= 15 is 0 Å². The van der Waals surface area contributed by atoms with Crippen molar-refractivity contribution in [3.8, 4) is 0 Å². The summed E-state index contributed by atoms with van der Waals surface area (Å²) in [6.07, 6.45) is 3.01. The zero-order chi connectivity index (χ0) is 26.1. The Bertz CT molecular complexity index is 1370. The normalized spacial score (nSPS) is 19.6. The number of hydrogen-bond donors (Lipinski definition) is 3. The fourth-order valence-electron chi connectivity index (χ4n) is 4.49. The molecule has 3 fully saturated rings. The number of anilines is 3. The number of hydrogen-bond acceptors (Lipinski definition) is 8. The summed E-state index contributed by atoms with van der Waals surface area (Å²) in [4.78, 5) is 32.3. The van der Waals surface area contributed by atoms with Crippen LogP contribution in [-0.4, -0.2) is 53.9 Å². The molecule has 3 aliphatic rings. The monoisotopic (exact) mass is 532 g/mol. The Balaban J connectivity index is 1.18. The molecule has 11 heteroatoms. The number of amides is 1. The number of aliphatic imine (C=N–C) groups is 1. The summed E-state index contributed by atoms with van der Waals surface area (Å²) in [5.74, 6) is 1.38. The molecule has 3 saturated heterocycles. The van der Waals surface area contributed by atoms with Crippen LogP contribution in [0, 0.1) is 5.82 Å². The van der Waals surface area contributed by atoms with E-state index in [9.17, 15) is 9.18 Å². The Kier molecular flexibility index (Phi) is 6.86. The molecule has 0 radical (unpaired) electrons. The third-order valence-electron chi connectivity index (χ3n) is 6.81. The third-order valence-corrected chi connectivity index (χ3v) is 7.68. The number of nitrogens with zero attached hydrogens (tertiary/aromatic N) is 5. The van der Waals surface area contributed by atoms with Gasteiger partial charge in [0.05, 0.1) is 11.3 Å². The quantitative estimate of drug-likeness (QED) is 0.387. The molecule has 1 unspecified atom stereocenters. The van der Waals surface area contributed by atoms with E-state index in [-0.39, 0.29) is 5.56 Å². The van der Waals surface area contributed by atoms with Crippen LogP contribution in [0.1, 0.15) is 36.5 Å². The number of benzene rings is 2. The lowest BCUT2D eigenvalue weighted by Crippen LogP contribution is -2.38. The first-order valence-electron chi connectivity index (χ1n) is 12.9. The van der Waals surface area contributed by atoms with Crippen LogP contribution < -0.4 is 26.0 Å². The van der Waals surface area contributed by atoms with E-state index < -0.39 is 11.7 Å². The molecule has 3 aliphatic heterocycles. The number of hydrazine groups is 1. The predicted octanol–water partition coefficient (Wildman–Crippen LogP) is 4.36. The van der Waals surface area contributed by atoms with Crippen LogP contribution in [0.25, 0.3) is 0 Å². The van der Waals surface area contributed by atoms with E-state index in [1.807, 2.05) is 23.1 Å². The lowest BCUT2D eigenvalue weighted by Gasteiger charge is -2.34. The van der Waals surface area contributed by atoms with Gasteiger partial charge in [-0.3, -0.25) is 4.79 Å². The summed E-state index contributed by atoms with van der Waals surface area (Å²) in [5.41, 5.74) is 7.58. The largest absolute Gasteiger partial charge is 0.371 e. The molecule has 0 spiro atoms. The Morgan fingerprint density at radius 3 is 2.50 bits per heavy atom. The van der Waals surface area contributed by atoms with Gasteiger partial charge in [0.2, 0.25) is 0 Å². The molecule has 38 heavy (non-hydrogen) atoms. The van der Waals surface area contributed by atoms with E-state index in [1.54, 1.807) is 24.3 Å². The maximum atomic E-state index is 14.6. The second kappa shape index (κ2) is 10.6. The van der Waals surface area contributed by atoms with Crippen molar-refractivity contribution < 1.29 is 9.18 Å². The summed E-state index contributed by atoms with van der Waals surface area (Å²) in [5, 5.41) is 3.45. The third kappa shape index (κ3) is 5.30. The zero-order valence-electron chi connectivity index (χ0n) is 21.1. The highest BCUT2D eigenvalue weighted by Gasteiger charge is 2.24. The van der Waals surface area contributed by atoms with Crippen molar-refractivity contribution in [3.05, 3.63) is 59.9 Å². The van der Waals surface area contributed by atoms with E-state index in [4.69, 9.17) is 9.98 Å². The van der Waals surface area contributed by atoms with Crippen LogP contribution >= 0.6 is 11.8 Å². The molecular weight excluding hydrogens is 503 g/mol. The van der Waals surface area contributed by atoms with Crippen molar-refractivity contribution in [1.29, 1.82) is 0 Å². The average molecular weight is 533 g/mol. The lowest BCUT2D eigenvalue weighted by atomic mass is 10.1. The first-order valence-corrected chi connectivity index (χ1v) is 13.7. The first-order chi connectivity index (χ1) is 18.5. The predicted molar refractivity (Wildman–Crippen MR) is 148 cm³/mol. The second-order valence-corrected chi connectivity index (χ2v) is 10.7. The average Bonchev–Trinajstić information content (AvgIpc) is 3.22. The van der Waals surface area contributed by atoms with Gasteiger partial charge in [-0.15, -0.1) is 0 Å². The maximum absolute atomic E-state index is 14.6. The summed E-state index contributed by atoms with van der Waals surface area (Å²) in [6.45, 7) is 5.71. The zero-order valence-corrected chi connectivity index (χ0v) is 21.9. The standard InChI is InChI=1S/C27H29FN8OS/c1-17-15-23(34-33-17)30-22-16-24(36-13-4-14-36)32-27(31-22)38-19-9-7-18(8-10-19)29-26(37)25-20(28)5-2-6-21(25)35-11-3-12-35/h2,5-10,16-17,33H,3-4,11-15H2,1H3,(H,29,37)(H,30,31,32,34). The number of aromatic nitrogens is 2. The van der Waals surface area contributed by atoms with Crippen LogP contribution in [0.3, 0.4) is 0 Å². The number of rotatable bonds is 7. The SMILES string of the molecule is CC1CC(=Nc2cc(N3CCC3)nc(Sc3ccc(NC(=O)c4c(F)cccc4N4CCC4)cc3)n2)NN1. The smallest absolute Gasteiger partial charge is 0.260 e. The highest BCUT2D eigenvalue weighted by molar-refractivity contribution is 7.99. The molecule has 3 N–H and O–H groups in total. The molecule has 1 amide bonds. The minimum Gasteiger partial charge on any atom is -0.371 e. The van der Waals surface area contributed by atoms with Gasteiger partial charge < -0.3 is 20.5 Å². The van der Waals surface area contributed by atoms with E-state index in [0.29, 0.717) is 28.4 Å². The minimum absolute atomic E-state index is 0.0809. The van der Waals surface area contributed by atoms with Gasteiger partial charge in [0.25, 0.3) is 5.91 Å². The van der Waals surface area contributed by atoms with Crippen molar-refractivity contribution in [2.45, 2.75) is 42.3 Å². The molecular formula is C27H29FN8OS. The molecule has 9 nitrogen and oxygen atoms in total. The molecule has 1 atom stereocenters. The van der Waals surface area contributed by atoms with Crippen LogP contribution in [0.4, 0.5) is 27.4 Å². The molecule has 0 bridgehead atoms. The van der Waals surface area contributed by atoms with Gasteiger partial charge in [0.1, 0.15) is 17.5 Å². The molecule has 0 aliphatic carbocycles. The highest BCUT2D eigenvalue weighted by atomic mass is 32.2. The van der Waals surface area contributed by atoms with Gasteiger partial charge in [0, 0.05) is 55.3 Å². The highest BCUT2D eigenvalue weighted by Crippen LogP contribution is 2.32. The number of halogens is 1. The van der Waals surface area contributed by atoms with Crippen LogP contribution in [0.5, 0.6) is 0 Å². The Labute approximate surface area is 224 Å². The number of amidine groups is 1. The van der Waals surface area contributed by atoms with Crippen LogP contribution in [-0.2, 0) is 0 Å². The maximum Gasteiger partial charge on any atom is 0.260 e. The van der Waals surface area contributed by atoms with Crippen LogP contribution in [0.2, 0.25) is 0 Å². The lowest BCUT2D eigenvalue weighted by molar-refractivity contribution is 0.102. The molecule has 2 aromatic carbocycles. The summed E-state index contributed by atoms with van der Waals surface area (Å²) in [6, 6.07) is 14.4. The summed E-state index contributed by atoms with van der Waals surface area (Å²) < 4.78 is 14.6. The van der Waals surface area contributed by atoms with Crippen molar-refractivity contribution in [2.75, 3.05) is 41.3 Å². The molecule has 196 valence electrons. The molecule has 1 aromatic heterocycles. The minimum atomic E-state index is -0.518. The van der Waals surface area contributed by atoms with Gasteiger partial charge in [-0.25, -0.2) is 24.8 Å². The van der Waals surface area contributed by atoms with Crippen molar-refractivity contribution in [2.24, 2.45) is 4.99 Å². The first kappa shape index (κ1) is 24.6. The summed E-state index contributed by atoms with van der Waals surface area (Å²) >= 11 is 1.44. The molecule has 3 aromatic rings. The topological polar surface area (TPSA) is 97.8 Å². The van der Waals surface area contributed by atoms with Gasteiger partial charge in [0.15, 0.2) is 11.0 Å². The second-order valence-electron chi connectivity index (χ2n) is 9.70. The fraction of sp³-hybridized carbons (Fsp3) is 0.333. The number of nitrogens with one attached hydrogen (secondary N) is 3. The van der Waals surface area contributed by atoms with E-state index in [2.05, 4.69) is 33.0 Å². The van der Waals surface area contributed by atoms with Gasteiger partial charge >= 0.3 is 0 Å². The van der Waals surface area contributed by atoms with Gasteiger partial charge in [-0.2, -0.15) is 0 Å². The molecule has 4 heterocycles.